The number of anilines is 3. The number of halogens is 3. The van der Waals surface area contributed by atoms with E-state index in [1.807, 2.05) is 0 Å². The van der Waals surface area contributed by atoms with Gasteiger partial charge in [0.1, 0.15) is 23.2 Å². The Hall–Kier alpha value is -2.64. The second-order valence-corrected chi connectivity index (χ2v) is 5.69. The van der Waals surface area contributed by atoms with Gasteiger partial charge in [0.05, 0.1) is 5.02 Å². The zero-order valence-electron chi connectivity index (χ0n) is 12.7. The minimum Gasteiger partial charge on any atom is -0.484 e. The Morgan fingerprint density at radius 3 is 2.56 bits per heavy atom. The molecule has 0 bridgehead atoms. The van der Waals surface area contributed by atoms with Crippen LogP contribution in [0.2, 0.25) is 10.0 Å². The van der Waals surface area contributed by atoms with E-state index in [9.17, 15) is 4.39 Å². The predicted molar refractivity (Wildman–Crippen MR) is 94.7 cm³/mol. The Kier molecular flexibility index (Phi) is 5.16. The van der Waals surface area contributed by atoms with E-state index in [2.05, 4.69) is 20.3 Å². The first kappa shape index (κ1) is 17.2. The maximum absolute atomic E-state index is 13.0. The number of ether oxygens (including phenoxy) is 1. The van der Waals surface area contributed by atoms with Crippen molar-refractivity contribution in [3.8, 4) is 5.75 Å². The lowest BCUT2D eigenvalue weighted by Crippen LogP contribution is -2.09. The van der Waals surface area contributed by atoms with E-state index in [1.54, 1.807) is 30.3 Å². The summed E-state index contributed by atoms with van der Waals surface area (Å²) in [4.78, 5) is 12.2. The van der Waals surface area contributed by atoms with Crippen molar-refractivity contribution in [2.75, 3.05) is 11.1 Å². The van der Waals surface area contributed by atoms with Crippen molar-refractivity contribution in [1.29, 1.82) is 0 Å². The van der Waals surface area contributed by atoms with Gasteiger partial charge in [-0.25, -0.2) is 4.39 Å². The van der Waals surface area contributed by atoms with E-state index in [1.165, 1.54) is 12.1 Å². The first-order valence-corrected chi connectivity index (χ1v) is 7.86. The fourth-order valence-corrected chi connectivity index (χ4v) is 2.30. The van der Waals surface area contributed by atoms with Crippen molar-refractivity contribution < 1.29 is 9.13 Å². The van der Waals surface area contributed by atoms with Crippen molar-refractivity contribution in [1.82, 2.24) is 15.0 Å². The van der Waals surface area contributed by atoms with Crippen LogP contribution in [0, 0.1) is 5.82 Å². The van der Waals surface area contributed by atoms with Crippen molar-refractivity contribution in [3.05, 3.63) is 64.2 Å². The lowest BCUT2D eigenvalue weighted by Gasteiger charge is -2.10. The largest absolute Gasteiger partial charge is 0.484 e. The molecule has 0 fully saturated rings. The summed E-state index contributed by atoms with van der Waals surface area (Å²) in [6.45, 7) is 0.0187. The van der Waals surface area contributed by atoms with E-state index in [0.717, 1.165) is 0 Å². The molecular weight excluding hydrogens is 368 g/mol. The van der Waals surface area contributed by atoms with Crippen LogP contribution in [0.15, 0.2) is 42.5 Å². The van der Waals surface area contributed by atoms with E-state index in [-0.39, 0.29) is 24.3 Å². The average Bonchev–Trinajstić information content (AvgIpc) is 2.58. The third-order valence-corrected chi connectivity index (χ3v) is 3.87. The Balaban J connectivity index is 1.75. The number of rotatable bonds is 5. The minimum atomic E-state index is -0.340. The maximum Gasteiger partial charge on any atom is 0.232 e. The standard InChI is InChI=1S/C16H12Cl2FN5O/c17-11-2-1-3-12(14(11)18)25-8-13-22-15(20)24-16(23-13)21-10-6-4-9(19)5-7-10/h1-7H,8H2,(H3,20,21,22,23,24). The smallest absolute Gasteiger partial charge is 0.232 e. The molecule has 0 radical (unpaired) electrons. The molecule has 1 aromatic heterocycles. The molecule has 0 saturated carbocycles. The van der Waals surface area contributed by atoms with Gasteiger partial charge < -0.3 is 15.8 Å². The van der Waals surface area contributed by atoms with Crippen LogP contribution in [0.4, 0.5) is 22.0 Å². The molecule has 0 unspecified atom stereocenters. The van der Waals surface area contributed by atoms with Gasteiger partial charge in [0.15, 0.2) is 5.82 Å². The summed E-state index contributed by atoms with van der Waals surface area (Å²) < 4.78 is 18.5. The molecule has 3 rings (SSSR count). The predicted octanol–water partition coefficient (Wildman–Crippen LogP) is 4.22. The number of nitrogen functional groups attached to an aromatic ring is 1. The molecule has 0 spiro atoms. The topological polar surface area (TPSA) is 86.0 Å². The molecule has 0 saturated heterocycles. The molecule has 1 heterocycles. The van der Waals surface area contributed by atoms with Gasteiger partial charge in [-0.1, -0.05) is 29.3 Å². The summed E-state index contributed by atoms with van der Waals surface area (Å²) in [5.74, 6) is 0.604. The summed E-state index contributed by atoms with van der Waals surface area (Å²) in [6, 6.07) is 10.8. The minimum absolute atomic E-state index is 0.0187. The molecule has 3 N–H and O–H groups in total. The molecular formula is C16H12Cl2FN5O. The highest BCUT2D eigenvalue weighted by Crippen LogP contribution is 2.31. The third-order valence-electron chi connectivity index (χ3n) is 3.07. The van der Waals surface area contributed by atoms with Crippen molar-refractivity contribution in [2.24, 2.45) is 0 Å². The number of aromatic nitrogens is 3. The van der Waals surface area contributed by atoms with Crippen LogP contribution in [-0.2, 0) is 6.61 Å². The van der Waals surface area contributed by atoms with Gasteiger partial charge in [-0.15, -0.1) is 0 Å². The van der Waals surface area contributed by atoms with Gasteiger partial charge in [0, 0.05) is 5.69 Å². The number of nitrogens with one attached hydrogen (secondary N) is 1. The molecule has 3 aromatic rings. The van der Waals surface area contributed by atoms with Crippen LogP contribution in [0.3, 0.4) is 0 Å². The van der Waals surface area contributed by atoms with Crippen molar-refractivity contribution in [2.45, 2.75) is 6.61 Å². The molecule has 6 nitrogen and oxygen atoms in total. The van der Waals surface area contributed by atoms with Gasteiger partial charge in [0.25, 0.3) is 0 Å². The van der Waals surface area contributed by atoms with Crippen molar-refractivity contribution >= 4 is 40.8 Å². The van der Waals surface area contributed by atoms with Gasteiger partial charge >= 0.3 is 0 Å². The van der Waals surface area contributed by atoms with Gasteiger partial charge in [0.2, 0.25) is 11.9 Å². The monoisotopic (exact) mass is 379 g/mol. The number of hydrogen-bond acceptors (Lipinski definition) is 6. The third kappa shape index (κ3) is 4.46. The summed E-state index contributed by atoms with van der Waals surface area (Å²) in [5.41, 5.74) is 6.30. The molecule has 0 amide bonds. The summed E-state index contributed by atoms with van der Waals surface area (Å²) in [6.07, 6.45) is 0. The Bertz CT molecular complexity index is 892. The van der Waals surface area contributed by atoms with E-state index in [4.69, 9.17) is 33.7 Å². The molecule has 0 aliphatic rings. The normalized spacial score (nSPS) is 10.5. The molecule has 128 valence electrons. The number of nitrogens with two attached hydrogens (primary N) is 1. The lowest BCUT2D eigenvalue weighted by atomic mass is 10.3. The first-order chi connectivity index (χ1) is 12.0. The fraction of sp³-hybridized carbons (Fsp3) is 0.0625. The fourth-order valence-electron chi connectivity index (χ4n) is 1.96. The van der Waals surface area contributed by atoms with Crippen LogP contribution in [-0.4, -0.2) is 15.0 Å². The second-order valence-electron chi connectivity index (χ2n) is 4.91. The highest BCUT2D eigenvalue weighted by Gasteiger charge is 2.09. The highest BCUT2D eigenvalue weighted by molar-refractivity contribution is 6.42. The Morgan fingerprint density at radius 2 is 1.80 bits per heavy atom. The molecule has 0 atom stereocenters. The summed E-state index contributed by atoms with van der Waals surface area (Å²) >= 11 is 12.0. The van der Waals surface area contributed by atoms with Crippen LogP contribution in [0.25, 0.3) is 0 Å². The first-order valence-electron chi connectivity index (χ1n) is 7.11. The summed E-state index contributed by atoms with van der Waals surface area (Å²) in [7, 11) is 0. The Labute approximate surface area is 152 Å². The zero-order chi connectivity index (χ0) is 17.8. The number of benzene rings is 2. The van der Waals surface area contributed by atoms with Crippen LogP contribution in [0.5, 0.6) is 5.75 Å². The van der Waals surface area contributed by atoms with Gasteiger partial charge in [-0.3, -0.25) is 0 Å². The number of hydrogen-bond donors (Lipinski definition) is 2. The quantitative estimate of drug-likeness (QED) is 0.689. The number of nitrogens with zero attached hydrogens (tertiary/aromatic N) is 3. The SMILES string of the molecule is Nc1nc(COc2cccc(Cl)c2Cl)nc(Nc2ccc(F)cc2)n1. The Morgan fingerprint density at radius 1 is 1.04 bits per heavy atom. The van der Waals surface area contributed by atoms with Crippen LogP contribution < -0.4 is 15.8 Å². The van der Waals surface area contributed by atoms with E-state index in [0.29, 0.717) is 27.3 Å². The lowest BCUT2D eigenvalue weighted by molar-refractivity contribution is 0.296. The van der Waals surface area contributed by atoms with E-state index < -0.39 is 0 Å². The van der Waals surface area contributed by atoms with Gasteiger partial charge in [-0.2, -0.15) is 15.0 Å². The van der Waals surface area contributed by atoms with E-state index >= 15 is 0 Å². The molecule has 0 aliphatic heterocycles. The average molecular weight is 380 g/mol. The second kappa shape index (κ2) is 7.50. The zero-order valence-corrected chi connectivity index (χ0v) is 14.2. The van der Waals surface area contributed by atoms with Crippen LogP contribution in [0.1, 0.15) is 5.82 Å². The molecule has 2 aromatic carbocycles. The van der Waals surface area contributed by atoms with Crippen LogP contribution >= 0.6 is 23.2 Å². The highest BCUT2D eigenvalue weighted by atomic mass is 35.5. The van der Waals surface area contributed by atoms with Gasteiger partial charge in [-0.05, 0) is 36.4 Å². The van der Waals surface area contributed by atoms with Crippen molar-refractivity contribution in [3.63, 3.8) is 0 Å². The summed E-state index contributed by atoms with van der Waals surface area (Å²) in [5, 5.41) is 3.60. The molecule has 25 heavy (non-hydrogen) atoms. The maximum atomic E-state index is 13.0. The molecule has 0 aliphatic carbocycles. The molecule has 9 heteroatoms.